The number of carboxylic acid groups (broad SMARTS) is 2. The van der Waals surface area contributed by atoms with E-state index in [2.05, 4.69) is 0 Å². The van der Waals surface area contributed by atoms with Crippen LogP contribution in [0.5, 0.6) is 0 Å². The molecule has 0 fully saturated rings. The zero-order valence-corrected chi connectivity index (χ0v) is 8.71. The first-order valence-electron chi connectivity index (χ1n) is 4.11. The molecular weight excluding hydrogens is 184 g/mol. The molecule has 0 atom stereocenters. The average Bonchev–Trinajstić information content (AvgIpc) is 1.96. The van der Waals surface area contributed by atoms with Crippen molar-refractivity contribution in [3.05, 3.63) is 22.3 Å². The van der Waals surface area contributed by atoms with E-state index in [0.717, 1.165) is 0 Å². The van der Waals surface area contributed by atoms with Crippen LogP contribution in [0.15, 0.2) is 22.3 Å². The van der Waals surface area contributed by atoms with E-state index in [4.69, 9.17) is 10.2 Å². The van der Waals surface area contributed by atoms with Gasteiger partial charge in [-0.1, -0.05) is 11.1 Å². The number of carbonyl (C=O) groups is 2. The van der Waals surface area contributed by atoms with Gasteiger partial charge in [0, 0.05) is 0 Å². The second kappa shape index (κ2) is 4.60. The summed E-state index contributed by atoms with van der Waals surface area (Å²) in [4.78, 5) is 21.7. The van der Waals surface area contributed by atoms with Crippen molar-refractivity contribution in [2.45, 2.75) is 27.7 Å². The van der Waals surface area contributed by atoms with Gasteiger partial charge >= 0.3 is 11.9 Å². The van der Waals surface area contributed by atoms with E-state index in [1.807, 2.05) is 0 Å². The summed E-state index contributed by atoms with van der Waals surface area (Å²) in [6.07, 6.45) is 0. The Bertz CT molecular complexity index is 292. The maximum absolute atomic E-state index is 10.8. The van der Waals surface area contributed by atoms with Crippen LogP contribution in [0.1, 0.15) is 27.7 Å². The summed E-state index contributed by atoms with van der Waals surface area (Å²) in [7, 11) is 0. The zero-order valence-electron chi connectivity index (χ0n) is 8.71. The second-order valence-corrected chi connectivity index (χ2v) is 3.36. The molecule has 0 aliphatic rings. The Morgan fingerprint density at radius 2 is 0.929 bits per heavy atom. The molecule has 0 bridgehead atoms. The fraction of sp³-hybridized carbons (Fsp3) is 0.400. The predicted molar refractivity (Wildman–Crippen MR) is 52.0 cm³/mol. The fourth-order valence-corrected chi connectivity index (χ4v) is 1.14. The van der Waals surface area contributed by atoms with Crippen molar-refractivity contribution < 1.29 is 19.8 Å². The average molecular weight is 198 g/mol. The van der Waals surface area contributed by atoms with E-state index < -0.39 is 11.9 Å². The number of rotatable bonds is 3. The molecule has 4 heteroatoms. The van der Waals surface area contributed by atoms with Gasteiger partial charge in [0.2, 0.25) is 0 Å². The molecule has 0 aromatic carbocycles. The summed E-state index contributed by atoms with van der Waals surface area (Å²) in [6, 6.07) is 0. The zero-order chi connectivity index (χ0) is 11.5. The highest BCUT2D eigenvalue weighted by Gasteiger charge is 2.21. The van der Waals surface area contributed by atoms with E-state index in [1.54, 1.807) is 27.7 Å². The first kappa shape index (κ1) is 12.4. The monoisotopic (exact) mass is 198 g/mol. The number of hydrogen-bond acceptors (Lipinski definition) is 2. The van der Waals surface area contributed by atoms with Crippen molar-refractivity contribution in [3.63, 3.8) is 0 Å². The van der Waals surface area contributed by atoms with Gasteiger partial charge in [0.15, 0.2) is 0 Å². The SMILES string of the molecule is CC(C)=C(C(=O)O)C(C(=O)O)=C(C)C. The standard InChI is InChI=1S/C10H14O4/c1-5(2)7(9(11)12)8(6(3)4)10(13)14/h1-4H3,(H,11,12)(H,13,14). The highest BCUT2D eigenvalue weighted by molar-refractivity contribution is 6.06. The van der Waals surface area contributed by atoms with Gasteiger partial charge in [-0.3, -0.25) is 0 Å². The molecule has 0 amide bonds. The molecule has 4 nitrogen and oxygen atoms in total. The van der Waals surface area contributed by atoms with E-state index in [9.17, 15) is 9.59 Å². The minimum Gasteiger partial charge on any atom is -0.478 e. The molecule has 14 heavy (non-hydrogen) atoms. The van der Waals surface area contributed by atoms with Crippen molar-refractivity contribution in [1.29, 1.82) is 0 Å². The molecule has 0 saturated carbocycles. The third-order valence-electron chi connectivity index (χ3n) is 1.68. The summed E-state index contributed by atoms with van der Waals surface area (Å²) < 4.78 is 0. The summed E-state index contributed by atoms with van der Waals surface area (Å²) in [5, 5.41) is 17.7. The van der Waals surface area contributed by atoms with Crippen molar-refractivity contribution in [2.75, 3.05) is 0 Å². The summed E-state index contributed by atoms with van der Waals surface area (Å²) in [5.41, 5.74) is 0.710. The van der Waals surface area contributed by atoms with Crippen LogP contribution in [0.25, 0.3) is 0 Å². The lowest BCUT2D eigenvalue weighted by Crippen LogP contribution is -2.14. The maximum atomic E-state index is 10.8. The van der Waals surface area contributed by atoms with Crippen LogP contribution in [0.2, 0.25) is 0 Å². The van der Waals surface area contributed by atoms with Crippen molar-refractivity contribution in [2.24, 2.45) is 0 Å². The third kappa shape index (κ3) is 2.73. The number of hydrogen-bond donors (Lipinski definition) is 2. The molecule has 0 unspecified atom stereocenters. The summed E-state index contributed by atoms with van der Waals surface area (Å²) in [5.74, 6) is -2.41. The normalized spacial score (nSPS) is 9.14. The lowest BCUT2D eigenvalue weighted by Gasteiger charge is -2.07. The van der Waals surface area contributed by atoms with Crippen molar-refractivity contribution in [1.82, 2.24) is 0 Å². The van der Waals surface area contributed by atoms with Gasteiger partial charge in [0.25, 0.3) is 0 Å². The second-order valence-electron chi connectivity index (χ2n) is 3.36. The lowest BCUT2D eigenvalue weighted by molar-refractivity contribution is -0.136. The molecule has 0 aliphatic carbocycles. The molecule has 0 saturated heterocycles. The van der Waals surface area contributed by atoms with E-state index >= 15 is 0 Å². The molecule has 0 heterocycles. The van der Waals surface area contributed by atoms with Gasteiger partial charge in [-0.2, -0.15) is 0 Å². The summed E-state index contributed by atoms with van der Waals surface area (Å²) >= 11 is 0. The van der Waals surface area contributed by atoms with Gasteiger partial charge in [0.1, 0.15) is 0 Å². The quantitative estimate of drug-likeness (QED) is 0.536. The molecule has 0 aliphatic heterocycles. The maximum Gasteiger partial charge on any atom is 0.336 e. The van der Waals surface area contributed by atoms with Gasteiger partial charge in [0.05, 0.1) is 11.1 Å². The van der Waals surface area contributed by atoms with Crippen LogP contribution in [0.4, 0.5) is 0 Å². The van der Waals surface area contributed by atoms with Gasteiger partial charge < -0.3 is 10.2 Å². The fourth-order valence-electron chi connectivity index (χ4n) is 1.14. The molecule has 0 aromatic rings. The van der Waals surface area contributed by atoms with Crippen LogP contribution < -0.4 is 0 Å². The largest absolute Gasteiger partial charge is 0.478 e. The van der Waals surface area contributed by atoms with Crippen LogP contribution in [-0.4, -0.2) is 22.2 Å². The topological polar surface area (TPSA) is 74.6 Å². The molecule has 0 radical (unpaired) electrons. The Kier molecular flexibility index (Phi) is 4.08. The molecule has 0 spiro atoms. The molecule has 2 N–H and O–H groups in total. The van der Waals surface area contributed by atoms with E-state index in [0.29, 0.717) is 11.1 Å². The predicted octanol–water partition coefficient (Wildman–Crippen LogP) is 1.83. The lowest BCUT2D eigenvalue weighted by atomic mass is 9.98. The van der Waals surface area contributed by atoms with Gasteiger partial charge in [-0.25, -0.2) is 9.59 Å². The summed E-state index contributed by atoms with van der Waals surface area (Å²) in [6.45, 7) is 6.31. The van der Waals surface area contributed by atoms with Crippen LogP contribution in [0, 0.1) is 0 Å². The minimum atomic E-state index is -1.21. The highest BCUT2D eigenvalue weighted by Crippen LogP contribution is 2.19. The number of allylic oxidation sites excluding steroid dienone is 2. The van der Waals surface area contributed by atoms with Crippen molar-refractivity contribution >= 4 is 11.9 Å². The van der Waals surface area contributed by atoms with Crippen LogP contribution >= 0.6 is 0 Å². The molecule has 0 rings (SSSR count). The Balaban J connectivity index is 5.66. The number of carboxylic acids is 2. The van der Waals surface area contributed by atoms with Crippen LogP contribution in [-0.2, 0) is 9.59 Å². The Morgan fingerprint density at radius 3 is 1.00 bits per heavy atom. The molecule has 78 valence electrons. The Hall–Kier alpha value is -1.58. The molecular formula is C10H14O4. The third-order valence-corrected chi connectivity index (χ3v) is 1.68. The Morgan fingerprint density at radius 1 is 0.714 bits per heavy atom. The van der Waals surface area contributed by atoms with E-state index in [1.165, 1.54) is 0 Å². The van der Waals surface area contributed by atoms with Crippen LogP contribution in [0.3, 0.4) is 0 Å². The first-order valence-corrected chi connectivity index (χ1v) is 4.11. The van der Waals surface area contributed by atoms with Gasteiger partial charge in [-0.15, -0.1) is 0 Å². The Labute approximate surface area is 82.6 Å². The first-order chi connectivity index (χ1) is 6.29. The minimum absolute atomic E-state index is 0.127. The van der Waals surface area contributed by atoms with E-state index in [-0.39, 0.29) is 11.1 Å². The smallest absolute Gasteiger partial charge is 0.336 e. The highest BCUT2D eigenvalue weighted by atomic mass is 16.4. The van der Waals surface area contributed by atoms with Crippen molar-refractivity contribution in [3.8, 4) is 0 Å². The number of aliphatic carboxylic acids is 2. The molecule has 0 aromatic heterocycles. The van der Waals surface area contributed by atoms with Gasteiger partial charge in [-0.05, 0) is 27.7 Å².